The Kier molecular flexibility index (Phi) is 5.28. The zero-order valence-corrected chi connectivity index (χ0v) is 10.8. The molecule has 0 saturated carbocycles. The Balaban J connectivity index is 2.40. The number of esters is 1. The Morgan fingerprint density at radius 1 is 1.73 bits per heavy atom. The second-order valence-corrected chi connectivity index (χ2v) is 4.79. The van der Waals surface area contributed by atoms with E-state index in [0.29, 0.717) is 13.0 Å². The maximum atomic E-state index is 11.1. The van der Waals surface area contributed by atoms with E-state index < -0.39 is 6.10 Å². The van der Waals surface area contributed by atoms with Crippen molar-refractivity contribution in [2.75, 3.05) is 6.61 Å². The molecule has 0 saturated heterocycles. The predicted molar refractivity (Wildman–Crippen MR) is 62.8 cm³/mol. The van der Waals surface area contributed by atoms with Gasteiger partial charge in [0.25, 0.3) is 0 Å². The van der Waals surface area contributed by atoms with Crippen LogP contribution in [0.1, 0.15) is 30.7 Å². The predicted octanol–water partition coefficient (Wildman–Crippen LogP) is 2.89. The summed E-state index contributed by atoms with van der Waals surface area (Å²) in [6.45, 7) is 2.15. The van der Waals surface area contributed by atoms with Gasteiger partial charge in [-0.1, -0.05) is 0 Å². The molecule has 0 aliphatic heterocycles. The number of ether oxygens (including phenoxy) is 1. The van der Waals surface area contributed by atoms with Crippen molar-refractivity contribution in [3.63, 3.8) is 0 Å². The van der Waals surface area contributed by atoms with E-state index in [2.05, 4.69) is 15.9 Å². The Labute approximate surface area is 101 Å². The van der Waals surface area contributed by atoms with Gasteiger partial charge in [0.1, 0.15) is 0 Å². The van der Waals surface area contributed by atoms with Crippen molar-refractivity contribution < 1.29 is 14.6 Å². The fraction of sp³-hybridized carbons (Fsp3) is 0.500. The summed E-state index contributed by atoms with van der Waals surface area (Å²) in [5.41, 5.74) is 0. The maximum Gasteiger partial charge on any atom is 0.305 e. The highest BCUT2D eigenvalue weighted by molar-refractivity contribution is 9.10. The van der Waals surface area contributed by atoms with Crippen molar-refractivity contribution in [3.8, 4) is 0 Å². The third-order valence-corrected chi connectivity index (χ3v) is 3.85. The van der Waals surface area contributed by atoms with E-state index >= 15 is 0 Å². The largest absolute Gasteiger partial charge is 0.466 e. The highest BCUT2D eigenvalue weighted by atomic mass is 79.9. The molecule has 0 aromatic carbocycles. The quantitative estimate of drug-likeness (QED) is 0.849. The minimum absolute atomic E-state index is 0.249. The first-order valence-electron chi connectivity index (χ1n) is 4.71. The van der Waals surface area contributed by atoms with Gasteiger partial charge in [-0.3, -0.25) is 4.79 Å². The zero-order valence-electron chi connectivity index (χ0n) is 8.40. The fourth-order valence-electron chi connectivity index (χ4n) is 1.16. The van der Waals surface area contributed by atoms with Gasteiger partial charge in [-0.25, -0.2) is 0 Å². The van der Waals surface area contributed by atoms with Crippen molar-refractivity contribution in [1.82, 2.24) is 0 Å². The highest BCUT2D eigenvalue weighted by Crippen LogP contribution is 2.31. The maximum absolute atomic E-state index is 11.1. The monoisotopic (exact) mass is 292 g/mol. The van der Waals surface area contributed by atoms with Crippen molar-refractivity contribution in [1.29, 1.82) is 0 Å². The molecular weight excluding hydrogens is 280 g/mol. The lowest BCUT2D eigenvalue weighted by molar-refractivity contribution is -0.143. The number of thiophene rings is 1. The van der Waals surface area contributed by atoms with Gasteiger partial charge in [0, 0.05) is 15.8 Å². The van der Waals surface area contributed by atoms with Gasteiger partial charge in [-0.15, -0.1) is 11.3 Å². The molecule has 5 heteroatoms. The summed E-state index contributed by atoms with van der Waals surface area (Å²) < 4.78 is 5.67. The Bertz CT molecular complexity index is 324. The molecule has 0 aliphatic carbocycles. The van der Waals surface area contributed by atoms with Crippen LogP contribution in [-0.2, 0) is 9.53 Å². The van der Waals surface area contributed by atoms with Gasteiger partial charge in [-0.05, 0) is 40.7 Å². The second-order valence-electron chi connectivity index (χ2n) is 2.99. The van der Waals surface area contributed by atoms with E-state index in [-0.39, 0.29) is 12.4 Å². The fourth-order valence-corrected chi connectivity index (χ4v) is 2.82. The van der Waals surface area contributed by atoms with Gasteiger partial charge in [0.05, 0.1) is 12.7 Å². The lowest BCUT2D eigenvalue weighted by Gasteiger charge is -2.08. The number of hydrogen-bond donors (Lipinski definition) is 1. The number of carbonyl (C=O) groups is 1. The standard InChI is InChI=1S/C10H13BrO3S/c1-2-14-9(13)4-3-8(12)10-7(11)5-6-15-10/h5-6,8,12H,2-4H2,1H3. The van der Waals surface area contributed by atoms with Gasteiger partial charge < -0.3 is 9.84 Å². The molecule has 84 valence electrons. The molecule has 1 aromatic rings. The molecule has 0 fully saturated rings. The van der Waals surface area contributed by atoms with Crippen LogP contribution in [-0.4, -0.2) is 17.7 Å². The van der Waals surface area contributed by atoms with Crippen LogP contribution in [0, 0.1) is 0 Å². The van der Waals surface area contributed by atoms with Gasteiger partial charge >= 0.3 is 5.97 Å². The van der Waals surface area contributed by atoms with Crippen molar-refractivity contribution in [2.24, 2.45) is 0 Å². The summed E-state index contributed by atoms with van der Waals surface area (Å²) >= 11 is 4.81. The van der Waals surface area contributed by atoms with Crippen LogP contribution in [0.15, 0.2) is 15.9 Å². The number of carbonyl (C=O) groups excluding carboxylic acids is 1. The number of halogens is 1. The molecule has 0 radical (unpaired) electrons. The summed E-state index contributed by atoms with van der Waals surface area (Å²) in [4.78, 5) is 11.9. The Morgan fingerprint density at radius 2 is 2.47 bits per heavy atom. The van der Waals surface area contributed by atoms with Gasteiger partial charge in [0.15, 0.2) is 0 Å². The normalized spacial score (nSPS) is 12.5. The third kappa shape index (κ3) is 3.93. The smallest absolute Gasteiger partial charge is 0.305 e. The molecule has 15 heavy (non-hydrogen) atoms. The Morgan fingerprint density at radius 3 is 3.00 bits per heavy atom. The molecule has 0 aliphatic rings. The topological polar surface area (TPSA) is 46.5 Å². The van der Waals surface area contributed by atoms with Crippen LogP contribution in [0.5, 0.6) is 0 Å². The molecule has 0 bridgehead atoms. The summed E-state index contributed by atoms with van der Waals surface area (Å²) in [5.74, 6) is -0.260. The first-order chi connectivity index (χ1) is 7.15. The molecule has 1 unspecified atom stereocenters. The molecule has 1 rings (SSSR count). The highest BCUT2D eigenvalue weighted by Gasteiger charge is 2.14. The number of hydrogen-bond acceptors (Lipinski definition) is 4. The lowest BCUT2D eigenvalue weighted by Crippen LogP contribution is -2.06. The van der Waals surface area contributed by atoms with Crippen LogP contribution >= 0.6 is 27.3 Å². The average Bonchev–Trinajstić information content (AvgIpc) is 2.61. The molecule has 0 spiro atoms. The molecule has 1 atom stereocenters. The minimum Gasteiger partial charge on any atom is -0.466 e. The molecule has 1 aromatic heterocycles. The average molecular weight is 293 g/mol. The number of aliphatic hydroxyl groups is 1. The van der Waals surface area contributed by atoms with E-state index in [4.69, 9.17) is 4.74 Å². The third-order valence-electron chi connectivity index (χ3n) is 1.87. The first kappa shape index (κ1) is 12.7. The SMILES string of the molecule is CCOC(=O)CCC(O)c1sccc1Br. The van der Waals surface area contributed by atoms with Crippen LogP contribution in [0.3, 0.4) is 0 Å². The van der Waals surface area contributed by atoms with E-state index in [0.717, 1.165) is 9.35 Å². The van der Waals surface area contributed by atoms with E-state index in [1.54, 1.807) is 6.92 Å². The minimum atomic E-state index is -0.594. The number of aliphatic hydroxyl groups excluding tert-OH is 1. The second kappa shape index (κ2) is 6.25. The molecule has 1 heterocycles. The van der Waals surface area contributed by atoms with Crippen LogP contribution in [0.25, 0.3) is 0 Å². The zero-order chi connectivity index (χ0) is 11.3. The Hall–Kier alpha value is -0.390. The van der Waals surface area contributed by atoms with Crippen molar-refractivity contribution >= 4 is 33.2 Å². The van der Waals surface area contributed by atoms with E-state index in [1.807, 2.05) is 11.4 Å². The summed E-state index contributed by atoms with van der Waals surface area (Å²) in [5, 5.41) is 11.7. The molecule has 3 nitrogen and oxygen atoms in total. The number of rotatable bonds is 5. The van der Waals surface area contributed by atoms with Gasteiger partial charge in [0.2, 0.25) is 0 Å². The lowest BCUT2D eigenvalue weighted by atomic mass is 10.2. The summed E-state index contributed by atoms with van der Waals surface area (Å²) in [6, 6.07) is 1.88. The molecular formula is C10H13BrO3S. The van der Waals surface area contributed by atoms with Crippen molar-refractivity contribution in [2.45, 2.75) is 25.9 Å². The van der Waals surface area contributed by atoms with E-state index in [9.17, 15) is 9.90 Å². The van der Waals surface area contributed by atoms with Crippen LogP contribution in [0.4, 0.5) is 0 Å². The van der Waals surface area contributed by atoms with E-state index in [1.165, 1.54) is 11.3 Å². The van der Waals surface area contributed by atoms with Crippen molar-refractivity contribution in [3.05, 3.63) is 20.8 Å². The van der Waals surface area contributed by atoms with Gasteiger partial charge in [-0.2, -0.15) is 0 Å². The first-order valence-corrected chi connectivity index (χ1v) is 6.39. The van der Waals surface area contributed by atoms with Crippen LogP contribution < -0.4 is 0 Å². The molecule has 1 N–H and O–H groups in total. The summed E-state index contributed by atoms with van der Waals surface area (Å²) in [6.07, 6.45) is 0.0564. The summed E-state index contributed by atoms with van der Waals surface area (Å²) in [7, 11) is 0. The van der Waals surface area contributed by atoms with Crippen LogP contribution in [0.2, 0.25) is 0 Å². The molecule has 0 amide bonds.